The van der Waals surface area contributed by atoms with E-state index in [1.807, 2.05) is 0 Å². The van der Waals surface area contributed by atoms with Gasteiger partial charge in [-0.15, -0.1) is 12.4 Å². The average molecular weight is 247 g/mol. The molecule has 1 aromatic rings. The third kappa shape index (κ3) is 3.27. The summed E-state index contributed by atoms with van der Waals surface area (Å²) in [7, 11) is 0. The van der Waals surface area contributed by atoms with Crippen molar-refractivity contribution in [2.75, 3.05) is 6.61 Å². The Labute approximate surface area is 97.6 Å². The number of nitrogens with zero attached hydrogens (tertiary/aromatic N) is 1. The number of carbonyl (C=O) groups excluding carboxylic acids is 1. The molecule has 1 aromatic carbocycles. The summed E-state index contributed by atoms with van der Waals surface area (Å²) < 4.78 is 0. The van der Waals surface area contributed by atoms with Crippen LogP contribution >= 0.6 is 12.4 Å². The third-order valence-corrected chi connectivity index (χ3v) is 1.90. The van der Waals surface area contributed by atoms with Crippen molar-refractivity contribution in [1.29, 1.82) is 0 Å². The van der Waals surface area contributed by atoms with Gasteiger partial charge in [0.05, 0.1) is 17.6 Å². The van der Waals surface area contributed by atoms with Crippen LogP contribution in [0.5, 0.6) is 0 Å². The number of rotatable bonds is 4. The Morgan fingerprint density at radius 1 is 1.44 bits per heavy atom. The number of benzene rings is 1. The molecule has 0 bridgehead atoms. The molecule has 0 radical (unpaired) electrons. The van der Waals surface area contributed by atoms with Gasteiger partial charge in [-0.25, -0.2) is 0 Å². The van der Waals surface area contributed by atoms with Crippen LogP contribution in [-0.2, 0) is 0 Å². The molecule has 1 atom stereocenters. The molecule has 0 fully saturated rings. The van der Waals surface area contributed by atoms with Crippen molar-refractivity contribution in [2.24, 2.45) is 5.73 Å². The average Bonchev–Trinajstić information content (AvgIpc) is 2.27. The molecule has 0 aliphatic rings. The molecule has 0 aliphatic heterocycles. The van der Waals surface area contributed by atoms with Crippen molar-refractivity contribution in [3.8, 4) is 0 Å². The second-order valence-electron chi connectivity index (χ2n) is 2.96. The highest BCUT2D eigenvalue weighted by Crippen LogP contribution is 2.12. The lowest BCUT2D eigenvalue weighted by atomic mass is 10.1. The van der Waals surface area contributed by atoms with Crippen molar-refractivity contribution in [3.63, 3.8) is 0 Å². The molecular weight excluding hydrogens is 236 g/mol. The number of non-ortho nitro benzene ring substituents is 1. The molecule has 0 spiro atoms. The number of carbonyl (C=O) groups is 1. The summed E-state index contributed by atoms with van der Waals surface area (Å²) in [5.74, 6) is -0.438. The molecule has 1 rings (SSSR count). The largest absolute Gasteiger partial charge is 0.394 e. The molecule has 0 aromatic heterocycles. The highest BCUT2D eigenvalue weighted by molar-refractivity contribution is 6.00. The normalized spacial score (nSPS) is 11.4. The van der Waals surface area contributed by atoms with Crippen molar-refractivity contribution in [3.05, 3.63) is 39.9 Å². The number of halogens is 1. The van der Waals surface area contributed by atoms with Crippen molar-refractivity contribution in [1.82, 2.24) is 0 Å². The summed E-state index contributed by atoms with van der Waals surface area (Å²) in [5, 5.41) is 19.0. The molecule has 0 aliphatic carbocycles. The number of hydrogen-bond acceptors (Lipinski definition) is 5. The summed E-state index contributed by atoms with van der Waals surface area (Å²) in [6.07, 6.45) is 0. The maximum atomic E-state index is 11.4. The predicted octanol–water partition coefficient (Wildman–Crippen LogP) is 0.519. The molecule has 6 nitrogen and oxygen atoms in total. The highest BCUT2D eigenvalue weighted by Gasteiger charge is 2.15. The molecule has 0 amide bonds. The van der Waals surface area contributed by atoms with Gasteiger partial charge in [0.2, 0.25) is 0 Å². The number of nitro benzene ring substituents is 1. The fourth-order valence-corrected chi connectivity index (χ4v) is 1.04. The van der Waals surface area contributed by atoms with Crippen molar-refractivity contribution >= 4 is 23.9 Å². The Morgan fingerprint density at radius 3 is 2.31 bits per heavy atom. The molecule has 0 heterocycles. The number of aliphatic hydroxyl groups excluding tert-OH is 1. The maximum Gasteiger partial charge on any atom is 0.269 e. The van der Waals surface area contributed by atoms with Crippen LogP contribution in [0.4, 0.5) is 5.69 Å². The lowest BCUT2D eigenvalue weighted by Crippen LogP contribution is -2.33. The lowest BCUT2D eigenvalue weighted by molar-refractivity contribution is -0.384. The molecular formula is C9H11ClN2O4. The van der Waals surface area contributed by atoms with E-state index in [2.05, 4.69) is 0 Å². The van der Waals surface area contributed by atoms with E-state index in [-0.39, 0.29) is 23.7 Å². The van der Waals surface area contributed by atoms with Crippen LogP contribution in [0.2, 0.25) is 0 Å². The molecule has 0 saturated carbocycles. The van der Waals surface area contributed by atoms with Crippen LogP contribution in [0, 0.1) is 10.1 Å². The van der Waals surface area contributed by atoms with Gasteiger partial charge >= 0.3 is 0 Å². The van der Waals surface area contributed by atoms with Gasteiger partial charge in [-0.05, 0) is 12.1 Å². The zero-order valence-electron chi connectivity index (χ0n) is 8.20. The Hall–Kier alpha value is -1.50. The van der Waals surface area contributed by atoms with Crippen LogP contribution in [0.15, 0.2) is 24.3 Å². The van der Waals surface area contributed by atoms with E-state index in [1.165, 1.54) is 24.3 Å². The summed E-state index contributed by atoms with van der Waals surface area (Å²) in [5.41, 5.74) is 5.47. The lowest BCUT2D eigenvalue weighted by Gasteiger charge is -2.05. The molecule has 0 saturated heterocycles. The number of ketones is 1. The molecule has 7 heteroatoms. The van der Waals surface area contributed by atoms with Gasteiger partial charge < -0.3 is 10.8 Å². The van der Waals surface area contributed by atoms with E-state index in [0.717, 1.165) is 0 Å². The maximum absolute atomic E-state index is 11.4. The second kappa shape index (κ2) is 6.16. The number of nitro groups is 1. The van der Waals surface area contributed by atoms with E-state index >= 15 is 0 Å². The van der Waals surface area contributed by atoms with Gasteiger partial charge in [0.1, 0.15) is 0 Å². The van der Waals surface area contributed by atoms with Crippen LogP contribution in [0.3, 0.4) is 0 Å². The summed E-state index contributed by atoms with van der Waals surface area (Å²) in [6.45, 7) is -0.449. The van der Waals surface area contributed by atoms with Crippen molar-refractivity contribution in [2.45, 2.75) is 6.04 Å². The second-order valence-corrected chi connectivity index (χ2v) is 2.96. The van der Waals surface area contributed by atoms with E-state index in [4.69, 9.17) is 10.8 Å². The monoisotopic (exact) mass is 246 g/mol. The Morgan fingerprint density at radius 2 is 1.94 bits per heavy atom. The quantitative estimate of drug-likeness (QED) is 0.458. The van der Waals surface area contributed by atoms with Crippen molar-refractivity contribution < 1.29 is 14.8 Å². The van der Waals surface area contributed by atoms with Crippen LogP contribution < -0.4 is 5.73 Å². The topological polar surface area (TPSA) is 106 Å². The first kappa shape index (κ1) is 14.5. The molecule has 16 heavy (non-hydrogen) atoms. The number of Topliss-reactive ketones (excluding diaryl/α,β-unsaturated/α-hetero) is 1. The number of aliphatic hydroxyl groups is 1. The van der Waals surface area contributed by atoms with E-state index < -0.39 is 23.4 Å². The van der Waals surface area contributed by atoms with E-state index in [1.54, 1.807) is 0 Å². The van der Waals surface area contributed by atoms with Crippen LogP contribution in [0.25, 0.3) is 0 Å². The third-order valence-electron chi connectivity index (χ3n) is 1.90. The van der Waals surface area contributed by atoms with Gasteiger partial charge in [0, 0.05) is 17.7 Å². The Balaban J connectivity index is 0.00000225. The Bertz CT molecular complexity index is 380. The molecule has 0 unspecified atom stereocenters. The molecule has 88 valence electrons. The zero-order valence-corrected chi connectivity index (χ0v) is 9.02. The Kier molecular flexibility index (Phi) is 5.59. The number of hydrogen-bond donors (Lipinski definition) is 2. The predicted molar refractivity (Wildman–Crippen MR) is 59.7 cm³/mol. The van der Waals surface area contributed by atoms with E-state index in [9.17, 15) is 14.9 Å². The fraction of sp³-hybridized carbons (Fsp3) is 0.222. The van der Waals surface area contributed by atoms with Crippen LogP contribution in [-0.4, -0.2) is 28.5 Å². The first-order valence-corrected chi connectivity index (χ1v) is 4.21. The smallest absolute Gasteiger partial charge is 0.269 e. The standard InChI is InChI=1S/C9H10N2O4.ClH/c10-8(5-12)9(13)6-1-3-7(4-2-6)11(14)15;/h1-4,8,12H,5,10H2;1H/t8-;/m1./s1. The van der Waals surface area contributed by atoms with Gasteiger partial charge in [0.25, 0.3) is 5.69 Å². The highest BCUT2D eigenvalue weighted by atomic mass is 35.5. The summed E-state index contributed by atoms with van der Waals surface area (Å²) in [4.78, 5) is 21.2. The first-order chi connectivity index (χ1) is 7.06. The van der Waals surface area contributed by atoms with Gasteiger partial charge in [-0.3, -0.25) is 14.9 Å². The van der Waals surface area contributed by atoms with Gasteiger partial charge in [-0.2, -0.15) is 0 Å². The van der Waals surface area contributed by atoms with Crippen LogP contribution in [0.1, 0.15) is 10.4 Å². The first-order valence-electron chi connectivity index (χ1n) is 4.21. The molecule has 3 N–H and O–H groups in total. The SMILES string of the molecule is Cl.N[C@H](CO)C(=O)c1ccc([N+](=O)[O-])cc1. The number of nitrogens with two attached hydrogens (primary N) is 1. The minimum absolute atomic E-state index is 0. The minimum atomic E-state index is -0.980. The van der Waals surface area contributed by atoms with Gasteiger partial charge in [0.15, 0.2) is 5.78 Å². The van der Waals surface area contributed by atoms with E-state index in [0.29, 0.717) is 0 Å². The van der Waals surface area contributed by atoms with Gasteiger partial charge in [-0.1, -0.05) is 0 Å². The fourth-order valence-electron chi connectivity index (χ4n) is 1.04. The summed E-state index contributed by atoms with van der Waals surface area (Å²) in [6, 6.07) is 4.09. The minimum Gasteiger partial charge on any atom is -0.394 e. The summed E-state index contributed by atoms with van der Waals surface area (Å²) >= 11 is 0. The zero-order chi connectivity index (χ0) is 11.4.